The van der Waals surface area contributed by atoms with E-state index in [2.05, 4.69) is 15.5 Å². The number of rotatable bonds is 6. The summed E-state index contributed by atoms with van der Waals surface area (Å²) in [5, 5.41) is 22.4. The molecule has 0 radical (unpaired) electrons. The standard InChI is InChI=1S/C20H19N7O4S/c1-12-17(11-24(2)23-12)26-19(28)16(22-20(26)32)7-13-4-5-18(31-3)14(6-13)9-25-10-15(8-21-25)27(29)30/h4-8,10-11H,9H2,1-3H3,(H,22,32)/b16-7+. The highest BCUT2D eigenvalue weighted by Gasteiger charge is 2.33. The van der Waals surface area contributed by atoms with Gasteiger partial charge in [-0.15, -0.1) is 0 Å². The van der Waals surface area contributed by atoms with Gasteiger partial charge in [0.15, 0.2) is 5.11 Å². The van der Waals surface area contributed by atoms with Gasteiger partial charge in [0.05, 0.1) is 30.0 Å². The molecule has 32 heavy (non-hydrogen) atoms. The zero-order valence-electron chi connectivity index (χ0n) is 17.5. The number of methoxy groups -OCH3 is 1. The number of carbonyl (C=O) groups is 1. The predicted molar refractivity (Wildman–Crippen MR) is 120 cm³/mol. The minimum absolute atomic E-state index is 0.0951. The average Bonchev–Trinajstić information content (AvgIpc) is 3.40. The number of hydrogen-bond donors (Lipinski definition) is 1. The van der Waals surface area contributed by atoms with Crippen molar-refractivity contribution in [2.45, 2.75) is 13.5 Å². The molecule has 1 fully saturated rings. The highest BCUT2D eigenvalue weighted by atomic mass is 32.1. The molecule has 1 aliphatic rings. The monoisotopic (exact) mass is 453 g/mol. The van der Waals surface area contributed by atoms with E-state index in [9.17, 15) is 14.9 Å². The van der Waals surface area contributed by atoms with E-state index >= 15 is 0 Å². The summed E-state index contributed by atoms with van der Waals surface area (Å²) in [4.78, 5) is 24.8. The van der Waals surface area contributed by atoms with Crippen molar-refractivity contribution in [1.82, 2.24) is 24.9 Å². The summed E-state index contributed by atoms with van der Waals surface area (Å²) in [6.45, 7) is 2.07. The fourth-order valence-electron chi connectivity index (χ4n) is 3.45. The fraction of sp³-hybridized carbons (Fsp3) is 0.200. The van der Waals surface area contributed by atoms with Crippen molar-refractivity contribution in [1.29, 1.82) is 0 Å². The molecule has 0 aliphatic carbocycles. The number of ether oxygens (including phenoxy) is 1. The lowest BCUT2D eigenvalue weighted by atomic mass is 10.1. The average molecular weight is 453 g/mol. The van der Waals surface area contributed by atoms with Crippen molar-refractivity contribution in [2.75, 3.05) is 12.0 Å². The molecule has 4 rings (SSSR count). The summed E-state index contributed by atoms with van der Waals surface area (Å²) >= 11 is 5.37. The molecule has 1 aromatic carbocycles. The van der Waals surface area contributed by atoms with Crippen molar-refractivity contribution in [2.24, 2.45) is 7.05 Å². The molecular formula is C20H19N7O4S. The molecule has 0 unspecified atom stereocenters. The Balaban J connectivity index is 1.63. The highest BCUT2D eigenvalue weighted by molar-refractivity contribution is 7.80. The summed E-state index contributed by atoms with van der Waals surface area (Å²) < 4.78 is 8.48. The lowest BCUT2D eigenvalue weighted by Gasteiger charge is -2.12. The third-order valence-corrected chi connectivity index (χ3v) is 5.17. The van der Waals surface area contributed by atoms with Crippen LogP contribution in [0.5, 0.6) is 5.75 Å². The molecule has 0 saturated carbocycles. The van der Waals surface area contributed by atoms with Gasteiger partial charge >= 0.3 is 5.69 Å². The number of aryl methyl sites for hydroxylation is 2. The number of benzene rings is 1. The molecule has 1 N–H and O–H groups in total. The van der Waals surface area contributed by atoms with Gasteiger partial charge in [0.1, 0.15) is 23.8 Å². The zero-order chi connectivity index (χ0) is 23.0. The van der Waals surface area contributed by atoms with E-state index in [1.807, 2.05) is 13.0 Å². The molecule has 2 aromatic heterocycles. The number of nitrogens with zero attached hydrogens (tertiary/aromatic N) is 6. The van der Waals surface area contributed by atoms with Crippen LogP contribution in [0.4, 0.5) is 11.4 Å². The number of hydrogen-bond acceptors (Lipinski definition) is 7. The Morgan fingerprint density at radius 1 is 1.34 bits per heavy atom. The van der Waals surface area contributed by atoms with Crippen LogP contribution < -0.4 is 15.0 Å². The number of anilines is 1. The van der Waals surface area contributed by atoms with Crippen LogP contribution in [0.3, 0.4) is 0 Å². The molecule has 164 valence electrons. The number of carbonyl (C=O) groups excluding carboxylic acids is 1. The number of nitrogens with one attached hydrogen (secondary N) is 1. The van der Waals surface area contributed by atoms with E-state index < -0.39 is 4.92 Å². The van der Waals surface area contributed by atoms with E-state index in [4.69, 9.17) is 17.0 Å². The van der Waals surface area contributed by atoms with E-state index in [0.717, 1.165) is 11.1 Å². The summed E-state index contributed by atoms with van der Waals surface area (Å²) in [5.74, 6) is 0.310. The van der Waals surface area contributed by atoms with Crippen LogP contribution in [-0.4, -0.2) is 42.6 Å². The maximum atomic E-state index is 13.0. The van der Waals surface area contributed by atoms with Gasteiger partial charge in [-0.3, -0.25) is 24.3 Å². The van der Waals surface area contributed by atoms with E-state index in [-0.39, 0.29) is 23.3 Å². The van der Waals surface area contributed by atoms with Gasteiger partial charge in [-0.2, -0.15) is 10.2 Å². The first-order chi connectivity index (χ1) is 15.3. The first-order valence-electron chi connectivity index (χ1n) is 9.48. The topological polar surface area (TPSA) is 120 Å². The maximum Gasteiger partial charge on any atom is 0.307 e. The second-order valence-corrected chi connectivity index (χ2v) is 7.51. The van der Waals surface area contributed by atoms with Crippen LogP contribution in [0, 0.1) is 17.0 Å². The third-order valence-electron chi connectivity index (χ3n) is 4.88. The molecule has 1 aliphatic heterocycles. The van der Waals surface area contributed by atoms with E-state index in [1.54, 1.807) is 36.1 Å². The molecule has 3 aromatic rings. The summed E-state index contributed by atoms with van der Waals surface area (Å²) in [7, 11) is 3.31. The smallest absolute Gasteiger partial charge is 0.307 e. The molecule has 1 amide bonds. The SMILES string of the molecule is COc1ccc(/C=C2/NC(=S)N(c3cn(C)nc3C)C2=O)cc1Cn1cc([N+](=O)[O-])cn1. The van der Waals surface area contributed by atoms with Crippen LogP contribution in [0.15, 0.2) is 42.5 Å². The van der Waals surface area contributed by atoms with Crippen LogP contribution in [0.2, 0.25) is 0 Å². The second kappa shape index (κ2) is 8.23. The Kier molecular flexibility index (Phi) is 5.45. The first-order valence-corrected chi connectivity index (χ1v) is 9.89. The van der Waals surface area contributed by atoms with Crippen LogP contribution >= 0.6 is 12.2 Å². The molecule has 11 nitrogen and oxygen atoms in total. The first kappa shape index (κ1) is 21.2. The summed E-state index contributed by atoms with van der Waals surface area (Å²) in [6, 6.07) is 5.40. The van der Waals surface area contributed by atoms with Crippen LogP contribution in [0.1, 0.15) is 16.8 Å². The number of amides is 1. The van der Waals surface area contributed by atoms with Crippen LogP contribution in [0.25, 0.3) is 6.08 Å². The normalized spacial score (nSPS) is 14.8. The summed E-state index contributed by atoms with van der Waals surface area (Å²) in [5.41, 5.74) is 3.01. The van der Waals surface area contributed by atoms with Gasteiger partial charge in [-0.1, -0.05) is 6.07 Å². The van der Waals surface area contributed by atoms with Crippen molar-refractivity contribution in [3.8, 4) is 5.75 Å². The highest BCUT2D eigenvalue weighted by Crippen LogP contribution is 2.27. The van der Waals surface area contributed by atoms with Crippen molar-refractivity contribution < 1.29 is 14.5 Å². The Labute approximate surface area is 188 Å². The predicted octanol–water partition coefficient (Wildman–Crippen LogP) is 2.15. The molecule has 0 bridgehead atoms. The quantitative estimate of drug-likeness (QED) is 0.261. The molecule has 0 atom stereocenters. The minimum atomic E-state index is -0.502. The molecular weight excluding hydrogens is 434 g/mol. The van der Waals surface area contributed by atoms with Crippen molar-refractivity contribution in [3.63, 3.8) is 0 Å². The lowest BCUT2D eigenvalue weighted by Crippen LogP contribution is -2.30. The van der Waals surface area contributed by atoms with E-state index in [0.29, 0.717) is 22.8 Å². The van der Waals surface area contributed by atoms with Crippen molar-refractivity contribution >= 4 is 40.7 Å². The second-order valence-electron chi connectivity index (χ2n) is 7.13. The lowest BCUT2D eigenvalue weighted by molar-refractivity contribution is -0.385. The van der Waals surface area contributed by atoms with Gasteiger partial charge in [-0.05, 0) is 42.9 Å². The van der Waals surface area contributed by atoms with Crippen LogP contribution in [-0.2, 0) is 18.4 Å². The fourth-order valence-corrected chi connectivity index (χ4v) is 3.74. The molecule has 3 heterocycles. The Morgan fingerprint density at radius 2 is 2.12 bits per heavy atom. The van der Waals surface area contributed by atoms with Gasteiger partial charge in [-0.25, -0.2) is 4.90 Å². The zero-order valence-corrected chi connectivity index (χ0v) is 18.3. The largest absolute Gasteiger partial charge is 0.496 e. The number of thiocarbonyl (C=S) groups is 1. The number of aromatic nitrogens is 4. The minimum Gasteiger partial charge on any atom is -0.496 e. The van der Waals surface area contributed by atoms with Gasteiger partial charge in [0.2, 0.25) is 0 Å². The molecule has 12 heteroatoms. The van der Waals surface area contributed by atoms with Gasteiger partial charge in [0, 0.05) is 18.8 Å². The van der Waals surface area contributed by atoms with Crippen molar-refractivity contribution in [3.05, 3.63) is 69.4 Å². The molecule has 1 saturated heterocycles. The maximum absolute atomic E-state index is 13.0. The number of nitro groups is 1. The third kappa shape index (κ3) is 3.95. The van der Waals surface area contributed by atoms with E-state index in [1.165, 1.54) is 29.1 Å². The van der Waals surface area contributed by atoms with Gasteiger partial charge < -0.3 is 10.1 Å². The van der Waals surface area contributed by atoms with Gasteiger partial charge in [0.25, 0.3) is 5.91 Å². The Bertz CT molecular complexity index is 1280. The molecule has 0 spiro atoms. The summed E-state index contributed by atoms with van der Waals surface area (Å²) in [6.07, 6.45) is 5.96. The Morgan fingerprint density at radius 3 is 2.75 bits per heavy atom. The Hall–Kier alpha value is -4.06.